The minimum Gasteiger partial charge on any atom is -0.379 e. The maximum absolute atomic E-state index is 5.38. The number of nitrogens with one attached hydrogen (secondary N) is 2. The molecule has 0 aliphatic carbocycles. The van der Waals surface area contributed by atoms with Crippen molar-refractivity contribution in [1.82, 2.24) is 20.4 Å². The van der Waals surface area contributed by atoms with E-state index < -0.39 is 0 Å². The van der Waals surface area contributed by atoms with Gasteiger partial charge >= 0.3 is 0 Å². The van der Waals surface area contributed by atoms with Crippen LogP contribution in [0.5, 0.6) is 0 Å². The average Bonchev–Trinajstić information content (AvgIpc) is 2.63. The highest BCUT2D eigenvalue weighted by Crippen LogP contribution is 2.00. The van der Waals surface area contributed by atoms with E-state index in [-0.39, 0.29) is 0 Å². The summed E-state index contributed by atoms with van der Waals surface area (Å²) >= 11 is 0. The van der Waals surface area contributed by atoms with Crippen LogP contribution in [0, 0.1) is 0 Å². The topological polar surface area (TPSA) is 61.4 Å². The van der Waals surface area contributed by atoms with Gasteiger partial charge in [-0.05, 0) is 26.3 Å². The lowest BCUT2D eigenvalue weighted by Crippen LogP contribution is -2.44. The predicted octanol–water partition coefficient (Wildman–Crippen LogP) is -0.0139. The fourth-order valence-corrected chi connectivity index (χ4v) is 2.96. The van der Waals surface area contributed by atoms with E-state index in [1.165, 1.54) is 13.0 Å². The molecule has 0 bridgehead atoms. The van der Waals surface area contributed by atoms with E-state index in [0.717, 1.165) is 91.2 Å². The van der Waals surface area contributed by atoms with E-state index >= 15 is 0 Å². The molecule has 0 aromatic heterocycles. The Morgan fingerprint density at radius 1 is 0.875 bits per heavy atom. The molecule has 2 fully saturated rings. The Morgan fingerprint density at radius 3 is 2.12 bits per heavy atom. The second kappa shape index (κ2) is 12.5. The van der Waals surface area contributed by atoms with Crippen LogP contribution in [0.1, 0.15) is 19.8 Å². The van der Waals surface area contributed by atoms with E-state index in [0.29, 0.717) is 0 Å². The summed E-state index contributed by atoms with van der Waals surface area (Å²) in [4.78, 5) is 9.60. The van der Waals surface area contributed by atoms with Crippen LogP contribution in [0.3, 0.4) is 0 Å². The number of guanidine groups is 1. The van der Waals surface area contributed by atoms with Crippen molar-refractivity contribution in [2.45, 2.75) is 19.8 Å². The number of aliphatic imine (C=N–C) groups is 1. The van der Waals surface area contributed by atoms with Gasteiger partial charge in [0.1, 0.15) is 0 Å². The molecule has 0 amide bonds. The van der Waals surface area contributed by atoms with Crippen molar-refractivity contribution < 1.29 is 9.47 Å². The number of nitrogens with zero attached hydrogens (tertiary/aromatic N) is 3. The third kappa shape index (κ3) is 8.28. The molecule has 0 unspecified atom stereocenters. The zero-order valence-electron chi connectivity index (χ0n) is 15.3. The van der Waals surface area contributed by atoms with Crippen LogP contribution < -0.4 is 10.6 Å². The summed E-state index contributed by atoms with van der Waals surface area (Å²) in [6.45, 7) is 14.8. The molecule has 2 saturated heterocycles. The molecular formula is C17H35N5O2. The van der Waals surface area contributed by atoms with Crippen molar-refractivity contribution in [3.8, 4) is 0 Å². The second-order valence-corrected chi connectivity index (χ2v) is 6.30. The first-order chi connectivity index (χ1) is 11.9. The van der Waals surface area contributed by atoms with E-state index in [2.05, 4.69) is 32.3 Å². The van der Waals surface area contributed by atoms with Crippen molar-refractivity contribution in [3.63, 3.8) is 0 Å². The van der Waals surface area contributed by atoms with Gasteiger partial charge in [-0.2, -0.15) is 0 Å². The SMILES string of the molecule is CCNC(=NCCCCN1CCOCC1)NCCN1CCOCC1. The predicted molar refractivity (Wildman–Crippen MR) is 97.7 cm³/mol. The number of hydrogen-bond acceptors (Lipinski definition) is 5. The first kappa shape index (κ1) is 19.4. The van der Waals surface area contributed by atoms with Crippen molar-refractivity contribution >= 4 is 5.96 Å². The zero-order valence-corrected chi connectivity index (χ0v) is 15.3. The summed E-state index contributed by atoms with van der Waals surface area (Å²) in [6.07, 6.45) is 2.34. The van der Waals surface area contributed by atoms with Gasteiger partial charge in [-0.15, -0.1) is 0 Å². The molecule has 140 valence electrons. The Balaban J connectivity index is 1.55. The smallest absolute Gasteiger partial charge is 0.191 e. The minimum absolute atomic E-state index is 0.858. The first-order valence-electron chi connectivity index (χ1n) is 9.51. The van der Waals surface area contributed by atoms with Gasteiger partial charge in [-0.25, -0.2) is 0 Å². The molecule has 2 heterocycles. The fourth-order valence-electron chi connectivity index (χ4n) is 2.96. The standard InChI is InChI=1S/C17H35N5O2/c1-2-18-17(20-6-8-22-11-15-24-16-12-22)19-5-3-4-7-21-9-13-23-14-10-21/h2-16H2,1H3,(H2,18,19,20). The molecule has 0 aromatic rings. The van der Waals surface area contributed by atoms with Gasteiger partial charge < -0.3 is 20.1 Å². The second-order valence-electron chi connectivity index (χ2n) is 6.30. The van der Waals surface area contributed by atoms with Crippen LogP contribution in [0.4, 0.5) is 0 Å². The molecule has 24 heavy (non-hydrogen) atoms. The average molecular weight is 342 g/mol. The molecule has 7 nitrogen and oxygen atoms in total. The van der Waals surface area contributed by atoms with Crippen LogP contribution in [0.15, 0.2) is 4.99 Å². The summed E-state index contributed by atoms with van der Waals surface area (Å²) in [6, 6.07) is 0. The summed E-state index contributed by atoms with van der Waals surface area (Å²) in [7, 11) is 0. The molecule has 2 aliphatic heterocycles. The number of morpholine rings is 2. The fraction of sp³-hybridized carbons (Fsp3) is 0.941. The molecule has 2 rings (SSSR count). The highest BCUT2D eigenvalue weighted by molar-refractivity contribution is 5.79. The van der Waals surface area contributed by atoms with Gasteiger partial charge in [-0.3, -0.25) is 14.8 Å². The maximum Gasteiger partial charge on any atom is 0.191 e. The van der Waals surface area contributed by atoms with Crippen LogP contribution in [-0.2, 0) is 9.47 Å². The molecular weight excluding hydrogens is 306 g/mol. The largest absolute Gasteiger partial charge is 0.379 e. The van der Waals surface area contributed by atoms with Crippen molar-refractivity contribution in [3.05, 3.63) is 0 Å². The van der Waals surface area contributed by atoms with E-state index in [4.69, 9.17) is 9.47 Å². The van der Waals surface area contributed by atoms with Gasteiger partial charge in [0.2, 0.25) is 0 Å². The van der Waals surface area contributed by atoms with E-state index in [9.17, 15) is 0 Å². The Bertz CT molecular complexity index is 342. The van der Waals surface area contributed by atoms with Crippen LogP contribution in [0.25, 0.3) is 0 Å². The van der Waals surface area contributed by atoms with E-state index in [1.54, 1.807) is 0 Å². The number of hydrogen-bond donors (Lipinski definition) is 2. The quantitative estimate of drug-likeness (QED) is 0.349. The lowest BCUT2D eigenvalue weighted by atomic mass is 10.3. The highest BCUT2D eigenvalue weighted by atomic mass is 16.5. The normalized spacial score (nSPS) is 21.0. The maximum atomic E-state index is 5.38. The molecule has 0 spiro atoms. The zero-order chi connectivity index (χ0) is 16.9. The third-order valence-electron chi connectivity index (χ3n) is 4.42. The van der Waals surface area contributed by atoms with Crippen LogP contribution >= 0.6 is 0 Å². The molecule has 2 aliphatic rings. The van der Waals surface area contributed by atoms with Crippen molar-refractivity contribution in [1.29, 1.82) is 0 Å². The van der Waals surface area contributed by atoms with Gasteiger partial charge in [0, 0.05) is 52.4 Å². The summed E-state index contributed by atoms with van der Waals surface area (Å²) in [5, 5.41) is 6.77. The number of unbranched alkanes of at least 4 members (excludes halogenated alkanes) is 1. The summed E-state index contributed by atoms with van der Waals surface area (Å²) < 4.78 is 10.8. The summed E-state index contributed by atoms with van der Waals surface area (Å²) in [5.41, 5.74) is 0. The van der Waals surface area contributed by atoms with Gasteiger partial charge in [-0.1, -0.05) is 0 Å². The van der Waals surface area contributed by atoms with Crippen LogP contribution in [-0.4, -0.2) is 101 Å². The lowest BCUT2D eigenvalue weighted by molar-refractivity contribution is 0.0373. The molecule has 0 atom stereocenters. The first-order valence-corrected chi connectivity index (χ1v) is 9.51. The number of rotatable bonds is 9. The van der Waals surface area contributed by atoms with E-state index in [1.807, 2.05) is 0 Å². The molecule has 7 heteroatoms. The molecule has 0 aromatic carbocycles. The third-order valence-corrected chi connectivity index (χ3v) is 4.42. The molecule has 0 saturated carbocycles. The Morgan fingerprint density at radius 2 is 1.50 bits per heavy atom. The van der Waals surface area contributed by atoms with Gasteiger partial charge in [0.15, 0.2) is 5.96 Å². The Hall–Kier alpha value is -0.890. The van der Waals surface area contributed by atoms with Crippen molar-refractivity contribution in [2.24, 2.45) is 4.99 Å². The van der Waals surface area contributed by atoms with Gasteiger partial charge in [0.05, 0.1) is 26.4 Å². The van der Waals surface area contributed by atoms with Crippen molar-refractivity contribution in [2.75, 3.05) is 85.3 Å². The Kier molecular flexibility index (Phi) is 10.1. The molecule has 0 radical (unpaired) electrons. The highest BCUT2D eigenvalue weighted by Gasteiger charge is 2.10. The monoisotopic (exact) mass is 341 g/mol. The molecule has 2 N–H and O–H groups in total. The Labute approximate surface area is 146 Å². The lowest BCUT2D eigenvalue weighted by Gasteiger charge is -2.26. The van der Waals surface area contributed by atoms with Crippen LogP contribution in [0.2, 0.25) is 0 Å². The minimum atomic E-state index is 0.858. The summed E-state index contributed by atoms with van der Waals surface area (Å²) in [5.74, 6) is 0.942. The number of ether oxygens (including phenoxy) is 2. The van der Waals surface area contributed by atoms with Gasteiger partial charge in [0.25, 0.3) is 0 Å².